The zero-order chi connectivity index (χ0) is 17.9. The summed E-state index contributed by atoms with van der Waals surface area (Å²) in [5.41, 5.74) is 4.43. The zero-order valence-corrected chi connectivity index (χ0v) is 14.1. The third-order valence-corrected chi connectivity index (χ3v) is 4.41. The summed E-state index contributed by atoms with van der Waals surface area (Å²) in [4.78, 5) is 12.5. The molecule has 26 heavy (non-hydrogen) atoms. The Morgan fingerprint density at radius 1 is 0.846 bits per heavy atom. The number of carbonyl (C=O) groups excluding carboxylic acids is 1. The summed E-state index contributed by atoms with van der Waals surface area (Å²) in [5, 5.41) is 5.89. The minimum Gasteiger partial charge on any atom is -0.267 e. The average Bonchev–Trinajstić information content (AvgIpc) is 3.18. The van der Waals surface area contributed by atoms with Gasteiger partial charge in [-0.05, 0) is 41.0 Å². The van der Waals surface area contributed by atoms with E-state index < -0.39 is 5.82 Å². The van der Waals surface area contributed by atoms with Crippen LogP contribution in [0.25, 0.3) is 11.1 Å². The third-order valence-electron chi connectivity index (χ3n) is 4.41. The Morgan fingerprint density at radius 3 is 2.38 bits per heavy atom. The molecule has 128 valence electrons. The summed E-state index contributed by atoms with van der Waals surface area (Å²) in [5.74, 6) is -0.700. The number of nitrogens with zero attached hydrogens (tertiary/aromatic N) is 2. The van der Waals surface area contributed by atoms with Gasteiger partial charge in [-0.3, -0.25) is 4.79 Å². The second-order valence-corrected chi connectivity index (χ2v) is 6.18. The number of benzene rings is 3. The van der Waals surface area contributed by atoms with Crippen molar-refractivity contribution < 1.29 is 9.18 Å². The lowest BCUT2D eigenvalue weighted by Crippen LogP contribution is -2.23. The van der Waals surface area contributed by atoms with Crippen molar-refractivity contribution in [2.24, 2.45) is 5.10 Å². The molecule has 0 atom stereocenters. The van der Waals surface area contributed by atoms with Crippen LogP contribution < -0.4 is 0 Å². The van der Waals surface area contributed by atoms with Gasteiger partial charge in [0.25, 0.3) is 5.91 Å². The molecule has 0 spiro atoms. The lowest BCUT2D eigenvalue weighted by molar-refractivity contribution is 0.0778. The maximum Gasteiger partial charge on any atom is 0.274 e. The molecule has 0 fully saturated rings. The van der Waals surface area contributed by atoms with Crippen LogP contribution in [0, 0.1) is 5.82 Å². The summed E-state index contributed by atoms with van der Waals surface area (Å²) in [6.07, 6.45) is 0.680. The lowest BCUT2D eigenvalue weighted by atomic mass is 10.0. The van der Waals surface area contributed by atoms with Gasteiger partial charge in [0.05, 0.1) is 12.3 Å². The van der Waals surface area contributed by atoms with Gasteiger partial charge in [-0.1, -0.05) is 54.6 Å². The molecule has 0 aromatic heterocycles. The Morgan fingerprint density at radius 2 is 1.58 bits per heavy atom. The number of hydrogen-bond donors (Lipinski definition) is 0. The smallest absolute Gasteiger partial charge is 0.267 e. The first-order chi connectivity index (χ1) is 12.7. The van der Waals surface area contributed by atoms with E-state index in [0.29, 0.717) is 18.5 Å². The van der Waals surface area contributed by atoms with Crippen molar-refractivity contribution in [2.45, 2.75) is 6.42 Å². The highest BCUT2D eigenvalue weighted by Crippen LogP contribution is 2.23. The molecule has 4 rings (SSSR count). The fourth-order valence-corrected chi connectivity index (χ4v) is 3.09. The monoisotopic (exact) mass is 344 g/mol. The van der Waals surface area contributed by atoms with E-state index in [9.17, 15) is 9.18 Å². The van der Waals surface area contributed by atoms with Gasteiger partial charge in [0, 0.05) is 12.0 Å². The Balaban J connectivity index is 1.59. The van der Waals surface area contributed by atoms with Crippen molar-refractivity contribution in [3.8, 4) is 11.1 Å². The Kier molecular flexibility index (Phi) is 4.32. The molecule has 1 aliphatic heterocycles. The molecule has 3 aromatic rings. The highest BCUT2D eigenvalue weighted by molar-refractivity contribution is 6.05. The topological polar surface area (TPSA) is 32.7 Å². The minimum absolute atomic E-state index is 0.279. The number of hydrazone groups is 1. The number of hydrogen-bond acceptors (Lipinski definition) is 2. The van der Waals surface area contributed by atoms with Crippen LogP contribution in [0.3, 0.4) is 0 Å². The summed E-state index contributed by atoms with van der Waals surface area (Å²) in [6, 6.07) is 24.0. The SMILES string of the molecule is O=C(c1cccc(F)c1)N1CCC(c2cccc(-c3ccccc3)c2)=N1. The van der Waals surface area contributed by atoms with E-state index in [0.717, 1.165) is 22.4 Å². The molecule has 4 heteroatoms. The molecule has 0 aliphatic carbocycles. The molecule has 1 heterocycles. The standard InChI is InChI=1S/C22H17FN2O/c23-20-11-5-10-19(15-20)22(26)25-13-12-21(24-25)18-9-4-8-17(14-18)16-6-2-1-3-7-16/h1-11,14-15H,12-13H2. The summed E-state index contributed by atoms with van der Waals surface area (Å²) in [6.45, 7) is 0.500. The van der Waals surface area contributed by atoms with E-state index in [1.54, 1.807) is 6.07 Å². The number of halogens is 1. The molecule has 0 saturated carbocycles. The van der Waals surface area contributed by atoms with Gasteiger partial charge >= 0.3 is 0 Å². The molecule has 0 radical (unpaired) electrons. The largest absolute Gasteiger partial charge is 0.274 e. The molecule has 0 saturated heterocycles. The normalized spacial score (nSPS) is 13.6. The van der Waals surface area contributed by atoms with Gasteiger partial charge in [0.2, 0.25) is 0 Å². The van der Waals surface area contributed by atoms with Crippen molar-refractivity contribution in [2.75, 3.05) is 6.54 Å². The van der Waals surface area contributed by atoms with Crippen LogP contribution >= 0.6 is 0 Å². The summed E-state index contributed by atoms with van der Waals surface area (Å²) in [7, 11) is 0. The first-order valence-electron chi connectivity index (χ1n) is 8.51. The number of rotatable bonds is 3. The predicted octanol–water partition coefficient (Wildman–Crippen LogP) is 4.74. The van der Waals surface area contributed by atoms with Crippen molar-refractivity contribution in [1.29, 1.82) is 0 Å². The van der Waals surface area contributed by atoms with Gasteiger partial charge in [-0.25, -0.2) is 9.40 Å². The molecule has 1 aliphatic rings. The zero-order valence-electron chi connectivity index (χ0n) is 14.1. The number of amides is 1. The minimum atomic E-state index is -0.421. The fourth-order valence-electron chi connectivity index (χ4n) is 3.09. The fraction of sp³-hybridized carbons (Fsp3) is 0.0909. The maximum atomic E-state index is 13.4. The Labute approximate surface area is 151 Å². The third kappa shape index (κ3) is 3.26. The van der Waals surface area contributed by atoms with Gasteiger partial charge in [-0.15, -0.1) is 0 Å². The van der Waals surface area contributed by atoms with E-state index in [2.05, 4.69) is 29.4 Å². The summed E-state index contributed by atoms with van der Waals surface area (Å²) < 4.78 is 13.4. The van der Waals surface area contributed by atoms with Crippen molar-refractivity contribution >= 4 is 11.6 Å². The average molecular weight is 344 g/mol. The predicted molar refractivity (Wildman–Crippen MR) is 100 cm³/mol. The first kappa shape index (κ1) is 16.2. The Bertz CT molecular complexity index is 982. The van der Waals surface area contributed by atoms with Gasteiger partial charge in [-0.2, -0.15) is 5.10 Å². The van der Waals surface area contributed by atoms with Gasteiger partial charge in [0.15, 0.2) is 0 Å². The quantitative estimate of drug-likeness (QED) is 0.675. The lowest BCUT2D eigenvalue weighted by Gasteiger charge is -2.11. The van der Waals surface area contributed by atoms with E-state index in [1.165, 1.54) is 23.2 Å². The molecule has 3 aromatic carbocycles. The van der Waals surface area contributed by atoms with Crippen molar-refractivity contribution in [3.63, 3.8) is 0 Å². The highest BCUT2D eigenvalue weighted by Gasteiger charge is 2.23. The van der Waals surface area contributed by atoms with E-state index >= 15 is 0 Å². The van der Waals surface area contributed by atoms with E-state index in [-0.39, 0.29) is 5.91 Å². The molecule has 1 amide bonds. The van der Waals surface area contributed by atoms with Gasteiger partial charge in [0.1, 0.15) is 5.82 Å². The first-order valence-corrected chi connectivity index (χ1v) is 8.51. The second-order valence-electron chi connectivity index (χ2n) is 6.18. The van der Waals surface area contributed by atoms with Crippen LogP contribution in [0.2, 0.25) is 0 Å². The van der Waals surface area contributed by atoms with E-state index in [4.69, 9.17) is 0 Å². The molecule has 0 N–H and O–H groups in total. The van der Waals surface area contributed by atoms with Crippen LogP contribution in [0.15, 0.2) is 84.0 Å². The van der Waals surface area contributed by atoms with E-state index in [1.807, 2.05) is 30.3 Å². The second kappa shape index (κ2) is 6.92. The Hall–Kier alpha value is -3.27. The summed E-state index contributed by atoms with van der Waals surface area (Å²) >= 11 is 0. The molecule has 0 unspecified atom stereocenters. The van der Waals surface area contributed by atoms with Crippen molar-refractivity contribution in [3.05, 3.63) is 95.8 Å². The molecular formula is C22H17FN2O. The highest BCUT2D eigenvalue weighted by atomic mass is 19.1. The maximum absolute atomic E-state index is 13.4. The van der Waals surface area contributed by atoms with Gasteiger partial charge < -0.3 is 0 Å². The molecular weight excluding hydrogens is 327 g/mol. The van der Waals surface area contributed by atoms with Crippen molar-refractivity contribution in [1.82, 2.24) is 5.01 Å². The van der Waals surface area contributed by atoms with Crippen LogP contribution in [-0.2, 0) is 0 Å². The van der Waals surface area contributed by atoms with Crippen LogP contribution in [0.4, 0.5) is 4.39 Å². The molecule has 0 bridgehead atoms. The van der Waals surface area contributed by atoms with Crippen LogP contribution in [0.1, 0.15) is 22.3 Å². The molecule has 3 nitrogen and oxygen atoms in total. The van der Waals surface area contributed by atoms with Crippen LogP contribution in [0.5, 0.6) is 0 Å². The number of carbonyl (C=O) groups is 1. The van der Waals surface area contributed by atoms with Crippen LogP contribution in [-0.4, -0.2) is 23.2 Å².